The Morgan fingerprint density at radius 3 is 2.73 bits per heavy atom. The minimum absolute atomic E-state index is 0.376. The molecule has 0 aromatic carbocycles. The van der Waals surface area contributed by atoms with Crippen LogP contribution in [0.5, 0.6) is 0 Å². The molecule has 0 amide bonds. The molecule has 1 atom stereocenters. The fourth-order valence-corrected chi connectivity index (χ4v) is 3.60. The topological polar surface area (TPSA) is 61.4 Å². The fourth-order valence-electron chi connectivity index (χ4n) is 2.27. The van der Waals surface area contributed by atoms with Gasteiger partial charge >= 0.3 is 5.97 Å². The zero-order chi connectivity index (χ0) is 10.7. The van der Waals surface area contributed by atoms with Crippen molar-refractivity contribution in [2.24, 2.45) is 0 Å². The maximum absolute atomic E-state index is 11.3. The highest BCUT2D eigenvalue weighted by Crippen LogP contribution is 2.29. The molecule has 15 heavy (non-hydrogen) atoms. The molecule has 2 aliphatic heterocycles. The van der Waals surface area contributed by atoms with Crippen molar-refractivity contribution in [2.45, 2.75) is 30.8 Å². The summed E-state index contributed by atoms with van der Waals surface area (Å²) in [6, 6.07) is 0.376. The SMILES string of the molecule is O=C(O)C1(NC2CCNCC2)CCSC1. The quantitative estimate of drug-likeness (QED) is 0.650. The van der Waals surface area contributed by atoms with E-state index in [1.807, 2.05) is 0 Å². The van der Waals surface area contributed by atoms with Gasteiger partial charge in [-0.05, 0) is 38.1 Å². The largest absolute Gasteiger partial charge is 0.480 e. The second-order valence-electron chi connectivity index (χ2n) is 4.36. The molecule has 0 spiro atoms. The zero-order valence-corrected chi connectivity index (χ0v) is 9.61. The van der Waals surface area contributed by atoms with E-state index in [0.29, 0.717) is 11.8 Å². The summed E-state index contributed by atoms with van der Waals surface area (Å²) < 4.78 is 0. The Morgan fingerprint density at radius 1 is 1.47 bits per heavy atom. The van der Waals surface area contributed by atoms with Crippen molar-refractivity contribution >= 4 is 17.7 Å². The molecule has 2 rings (SSSR count). The van der Waals surface area contributed by atoms with Crippen molar-refractivity contribution in [1.82, 2.24) is 10.6 Å². The number of aliphatic carboxylic acids is 1. The number of hydrogen-bond acceptors (Lipinski definition) is 4. The van der Waals surface area contributed by atoms with Crippen molar-refractivity contribution in [3.05, 3.63) is 0 Å². The van der Waals surface area contributed by atoms with Gasteiger partial charge in [-0.15, -0.1) is 0 Å². The third-order valence-corrected chi connectivity index (χ3v) is 4.44. The van der Waals surface area contributed by atoms with E-state index in [4.69, 9.17) is 0 Å². The Balaban J connectivity index is 1.96. The summed E-state index contributed by atoms with van der Waals surface area (Å²) in [4.78, 5) is 11.3. The second kappa shape index (κ2) is 4.72. The smallest absolute Gasteiger partial charge is 0.324 e. The van der Waals surface area contributed by atoms with Gasteiger partial charge in [0.25, 0.3) is 0 Å². The molecule has 0 aromatic rings. The molecule has 2 heterocycles. The standard InChI is InChI=1S/C10H18N2O2S/c13-9(14)10(3-6-15-7-10)12-8-1-4-11-5-2-8/h8,11-12H,1-7H2,(H,13,14). The normalized spacial score (nSPS) is 33.1. The predicted molar refractivity (Wildman–Crippen MR) is 61.3 cm³/mol. The summed E-state index contributed by atoms with van der Waals surface area (Å²) in [6.45, 7) is 2.00. The van der Waals surface area contributed by atoms with Crippen LogP contribution < -0.4 is 10.6 Å². The first kappa shape index (κ1) is 11.2. The molecule has 0 bridgehead atoms. The van der Waals surface area contributed by atoms with Gasteiger partial charge in [0.05, 0.1) is 0 Å². The molecule has 4 nitrogen and oxygen atoms in total. The van der Waals surface area contributed by atoms with Crippen molar-refractivity contribution in [1.29, 1.82) is 0 Å². The van der Waals surface area contributed by atoms with Crippen molar-refractivity contribution < 1.29 is 9.90 Å². The first-order chi connectivity index (χ1) is 7.23. The molecular formula is C10H18N2O2S. The van der Waals surface area contributed by atoms with E-state index < -0.39 is 11.5 Å². The molecule has 0 aromatic heterocycles. The molecule has 5 heteroatoms. The molecule has 1 unspecified atom stereocenters. The number of nitrogens with one attached hydrogen (secondary N) is 2. The number of piperidine rings is 1. The molecule has 86 valence electrons. The molecule has 2 saturated heterocycles. The number of thioether (sulfide) groups is 1. The van der Waals surface area contributed by atoms with E-state index in [0.717, 1.165) is 38.1 Å². The van der Waals surface area contributed by atoms with Crippen LogP contribution in [0.3, 0.4) is 0 Å². The molecule has 0 saturated carbocycles. The van der Waals surface area contributed by atoms with Crippen LogP contribution >= 0.6 is 11.8 Å². The molecule has 3 N–H and O–H groups in total. The van der Waals surface area contributed by atoms with Crippen LogP contribution in [0.2, 0.25) is 0 Å². The number of carbonyl (C=O) groups is 1. The van der Waals surface area contributed by atoms with E-state index in [9.17, 15) is 9.90 Å². The predicted octanol–water partition coefficient (Wildman–Crippen LogP) is 0.288. The molecule has 0 radical (unpaired) electrons. The van der Waals surface area contributed by atoms with Gasteiger partial charge in [0.2, 0.25) is 0 Å². The Labute approximate surface area is 94.2 Å². The lowest BCUT2D eigenvalue weighted by Crippen LogP contribution is -2.58. The van der Waals surface area contributed by atoms with Crippen molar-refractivity contribution in [3.63, 3.8) is 0 Å². The first-order valence-electron chi connectivity index (χ1n) is 5.52. The van der Waals surface area contributed by atoms with E-state index in [1.54, 1.807) is 11.8 Å². The average molecular weight is 230 g/mol. The van der Waals surface area contributed by atoms with Gasteiger partial charge in [0.15, 0.2) is 0 Å². The van der Waals surface area contributed by atoms with Crippen LogP contribution in [-0.2, 0) is 4.79 Å². The Morgan fingerprint density at radius 2 is 2.20 bits per heavy atom. The highest BCUT2D eigenvalue weighted by molar-refractivity contribution is 7.99. The lowest BCUT2D eigenvalue weighted by atomic mass is 9.95. The Bertz CT molecular complexity index is 236. The van der Waals surface area contributed by atoms with Crippen LogP contribution in [0.1, 0.15) is 19.3 Å². The zero-order valence-electron chi connectivity index (χ0n) is 8.79. The maximum Gasteiger partial charge on any atom is 0.324 e. The second-order valence-corrected chi connectivity index (χ2v) is 5.46. The van der Waals surface area contributed by atoms with Crippen LogP contribution in [0.4, 0.5) is 0 Å². The lowest BCUT2D eigenvalue weighted by Gasteiger charge is -2.33. The highest BCUT2D eigenvalue weighted by Gasteiger charge is 2.43. The number of carboxylic acid groups (broad SMARTS) is 1. The number of rotatable bonds is 3. The van der Waals surface area contributed by atoms with E-state index >= 15 is 0 Å². The molecule has 2 fully saturated rings. The summed E-state index contributed by atoms with van der Waals surface area (Å²) in [5.41, 5.74) is -0.646. The third kappa shape index (κ3) is 2.46. The van der Waals surface area contributed by atoms with Gasteiger partial charge in [0.1, 0.15) is 5.54 Å². The van der Waals surface area contributed by atoms with Crippen LogP contribution in [0, 0.1) is 0 Å². The number of hydrogen-bond donors (Lipinski definition) is 3. The molecular weight excluding hydrogens is 212 g/mol. The maximum atomic E-state index is 11.3. The summed E-state index contributed by atoms with van der Waals surface area (Å²) in [6.07, 6.45) is 2.84. The Hall–Kier alpha value is -0.260. The summed E-state index contributed by atoms with van der Waals surface area (Å²) >= 11 is 1.74. The Kier molecular flexibility index (Phi) is 3.53. The minimum atomic E-state index is -0.675. The fraction of sp³-hybridized carbons (Fsp3) is 0.900. The first-order valence-corrected chi connectivity index (χ1v) is 6.68. The third-order valence-electron chi connectivity index (χ3n) is 3.25. The summed E-state index contributed by atoms with van der Waals surface area (Å²) in [5.74, 6) is 1.00. The van der Waals surface area contributed by atoms with Crippen LogP contribution in [-0.4, -0.2) is 47.3 Å². The van der Waals surface area contributed by atoms with Gasteiger partial charge in [-0.25, -0.2) is 0 Å². The summed E-state index contributed by atoms with van der Waals surface area (Å²) in [5, 5.41) is 16.0. The van der Waals surface area contributed by atoms with Gasteiger partial charge in [-0.1, -0.05) is 0 Å². The van der Waals surface area contributed by atoms with Gasteiger partial charge in [0, 0.05) is 11.8 Å². The van der Waals surface area contributed by atoms with E-state index in [1.165, 1.54) is 0 Å². The summed E-state index contributed by atoms with van der Waals surface area (Å²) in [7, 11) is 0. The van der Waals surface area contributed by atoms with Crippen LogP contribution in [0.15, 0.2) is 0 Å². The van der Waals surface area contributed by atoms with Gasteiger partial charge in [-0.3, -0.25) is 10.1 Å². The highest BCUT2D eigenvalue weighted by atomic mass is 32.2. The monoisotopic (exact) mass is 230 g/mol. The van der Waals surface area contributed by atoms with Crippen molar-refractivity contribution in [2.75, 3.05) is 24.6 Å². The van der Waals surface area contributed by atoms with Gasteiger partial charge < -0.3 is 10.4 Å². The van der Waals surface area contributed by atoms with E-state index in [2.05, 4.69) is 10.6 Å². The average Bonchev–Trinajstić information content (AvgIpc) is 2.69. The molecule has 0 aliphatic carbocycles. The number of carboxylic acids is 1. The minimum Gasteiger partial charge on any atom is -0.480 e. The van der Waals surface area contributed by atoms with Crippen LogP contribution in [0.25, 0.3) is 0 Å². The molecule has 2 aliphatic rings. The van der Waals surface area contributed by atoms with Crippen molar-refractivity contribution in [3.8, 4) is 0 Å². The van der Waals surface area contributed by atoms with Gasteiger partial charge in [-0.2, -0.15) is 11.8 Å². The lowest BCUT2D eigenvalue weighted by molar-refractivity contribution is -0.144. The van der Waals surface area contributed by atoms with E-state index in [-0.39, 0.29) is 0 Å².